The third kappa shape index (κ3) is 2.44. The summed E-state index contributed by atoms with van der Waals surface area (Å²) in [5.41, 5.74) is 1.51. The molecule has 2 heteroatoms. The molecule has 1 aliphatic heterocycles. The summed E-state index contributed by atoms with van der Waals surface area (Å²) in [6.07, 6.45) is 5.77. The maximum Gasteiger partial charge on any atom is 0.0426 e. The van der Waals surface area contributed by atoms with Gasteiger partial charge in [-0.2, -0.15) is 0 Å². The molecule has 3 rings (SSSR count). The third-order valence-electron chi connectivity index (χ3n) is 3.58. The molecule has 2 aliphatic rings. The first kappa shape index (κ1) is 10.7. The second-order valence-electron chi connectivity index (χ2n) is 4.94. The van der Waals surface area contributed by atoms with E-state index >= 15 is 0 Å². The van der Waals surface area contributed by atoms with Crippen LogP contribution in [0, 0.1) is 5.92 Å². The standard InChI is InChI=1S/C14H19NS/c1-2-6-14-12(5-1)13(10-16-14)15-9-3-4-11-7-8-11/h1-2,5-6,11,13,15H,3-4,7-10H2. The quantitative estimate of drug-likeness (QED) is 0.780. The lowest BCUT2D eigenvalue weighted by Crippen LogP contribution is -2.22. The molecule has 0 saturated heterocycles. The molecule has 1 aromatic rings. The molecule has 16 heavy (non-hydrogen) atoms. The van der Waals surface area contributed by atoms with E-state index in [2.05, 4.69) is 29.6 Å². The lowest BCUT2D eigenvalue weighted by Gasteiger charge is -2.12. The predicted molar refractivity (Wildman–Crippen MR) is 69.9 cm³/mol. The lowest BCUT2D eigenvalue weighted by molar-refractivity contribution is 0.539. The summed E-state index contributed by atoms with van der Waals surface area (Å²) in [5, 5.41) is 3.70. The average molecular weight is 233 g/mol. The molecule has 1 aromatic carbocycles. The monoisotopic (exact) mass is 233 g/mol. The van der Waals surface area contributed by atoms with Crippen molar-refractivity contribution in [3.05, 3.63) is 29.8 Å². The van der Waals surface area contributed by atoms with Crippen molar-refractivity contribution in [2.24, 2.45) is 5.92 Å². The summed E-state index contributed by atoms with van der Waals surface area (Å²) in [4.78, 5) is 1.47. The van der Waals surface area contributed by atoms with Gasteiger partial charge in [0, 0.05) is 16.7 Å². The molecule has 1 unspecified atom stereocenters. The minimum atomic E-state index is 0.598. The van der Waals surface area contributed by atoms with Crippen molar-refractivity contribution in [2.75, 3.05) is 12.3 Å². The zero-order valence-corrected chi connectivity index (χ0v) is 10.4. The Hall–Kier alpha value is -0.470. The van der Waals surface area contributed by atoms with Crippen molar-refractivity contribution < 1.29 is 0 Å². The molecular weight excluding hydrogens is 214 g/mol. The first-order chi connectivity index (χ1) is 7.93. The van der Waals surface area contributed by atoms with E-state index in [9.17, 15) is 0 Å². The molecule has 0 radical (unpaired) electrons. The number of hydrogen-bond acceptors (Lipinski definition) is 2. The summed E-state index contributed by atoms with van der Waals surface area (Å²) in [6.45, 7) is 1.19. The summed E-state index contributed by atoms with van der Waals surface area (Å²) in [7, 11) is 0. The summed E-state index contributed by atoms with van der Waals surface area (Å²) in [5.74, 6) is 2.29. The molecule has 1 saturated carbocycles. The van der Waals surface area contributed by atoms with E-state index < -0.39 is 0 Å². The molecule has 1 aliphatic carbocycles. The van der Waals surface area contributed by atoms with E-state index in [-0.39, 0.29) is 0 Å². The van der Waals surface area contributed by atoms with Crippen LogP contribution >= 0.6 is 11.8 Å². The predicted octanol–water partition coefficient (Wildman–Crippen LogP) is 3.61. The SMILES string of the molecule is c1ccc2c(c1)SCC2NCCCC1CC1. The Kier molecular flexibility index (Phi) is 3.20. The van der Waals surface area contributed by atoms with Crippen molar-refractivity contribution in [2.45, 2.75) is 36.6 Å². The van der Waals surface area contributed by atoms with Crippen molar-refractivity contribution in [3.8, 4) is 0 Å². The molecule has 0 aromatic heterocycles. The van der Waals surface area contributed by atoms with Gasteiger partial charge in [0.05, 0.1) is 0 Å². The highest BCUT2D eigenvalue weighted by atomic mass is 32.2. The van der Waals surface area contributed by atoms with Crippen LogP contribution in [0.1, 0.15) is 37.3 Å². The van der Waals surface area contributed by atoms with Crippen LogP contribution in [0.5, 0.6) is 0 Å². The highest BCUT2D eigenvalue weighted by Crippen LogP contribution is 2.38. The fourth-order valence-electron chi connectivity index (χ4n) is 2.41. The van der Waals surface area contributed by atoms with E-state index in [1.807, 2.05) is 11.8 Å². The molecule has 1 fully saturated rings. The minimum Gasteiger partial charge on any atom is -0.309 e. The van der Waals surface area contributed by atoms with Gasteiger partial charge in [0.1, 0.15) is 0 Å². The first-order valence-corrected chi connectivity index (χ1v) is 7.37. The maximum atomic E-state index is 3.70. The Balaban J connectivity index is 1.48. The van der Waals surface area contributed by atoms with Crippen molar-refractivity contribution in [1.82, 2.24) is 5.32 Å². The fourth-order valence-corrected chi connectivity index (χ4v) is 3.60. The molecule has 0 spiro atoms. The molecule has 86 valence electrons. The topological polar surface area (TPSA) is 12.0 Å². The summed E-state index contributed by atoms with van der Waals surface area (Å²) < 4.78 is 0. The first-order valence-electron chi connectivity index (χ1n) is 6.38. The molecular formula is C14H19NS. The summed E-state index contributed by atoms with van der Waals surface area (Å²) in [6, 6.07) is 9.41. The summed E-state index contributed by atoms with van der Waals surface area (Å²) >= 11 is 1.99. The molecule has 1 nitrogen and oxygen atoms in total. The molecule has 0 amide bonds. The van der Waals surface area contributed by atoms with E-state index in [4.69, 9.17) is 0 Å². The Morgan fingerprint density at radius 3 is 3.00 bits per heavy atom. The Labute approximate surface area is 102 Å². The van der Waals surface area contributed by atoms with Crippen LogP contribution < -0.4 is 5.32 Å². The number of fused-ring (bicyclic) bond motifs is 1. The number of thioether (sulfide) groups is 1. The number of benzene rings is 1. The van der Waals surface area contributed by atoms with Crippen LogP contribution in [0.4, 0.5) is 0 Å². The van der Waals surface area contributed by atoms with Gasteiger partial charge in [-0.3, -0.25) is 0 Å². The lowest BCUT2D eigenvalue weighted by atomic mass is 10.1. The minimum absolute atomic E-state index is 0.598. The van der Waals surface area contributed by atoms with Gasteiger partial charge in [0.2, 0.25) is 0 Å². The van der Waals surface area contributed by atoms with Crippen LogP contribution in [-0.4, -0.2) is 12.3 Å². The van der Waals surface area contributed by atoms with Gasteiger partial charge in [-0.1, -0.05) is 31.0 Å². The molecule has 1 heterocycles. The largest absolute Gasteiger partial charge is 0.309 e. The van der Waals surface area contributed by atoms with Gasteiger partial charge < -0.3 is 5.32 Å². The second kappa shape index (κ2) is 4.80. The van der Waals surface area contributed by atoms with Crippen molar-refractivity contribution >= 4 is 11.8 Å². The van der Waals surface area contributed by atoms with E-state index in [0.29, 0.717) is 6.04 Å². The number of nitrogens with one attached hydrogen (secondary N) is 1. The van der Waals surface area contributed by atoms with Crippen LogP contribution in [-0.2, 0) is 0 Å². The van der Waals surface area contributed by atoms with E-state index in [1.54, 1.807) is 0 Å². The van der Waals surface area contributed by atoms with Gasteiger partial charge >= 0.3 is 0 Å². The van der Waals surface area contributed by atoms with Crippen LogP contribution in [0.25, 0.3) is 0 Å². The zero-order valence-electron chi connectivity index (χ0n) is 9.61. The molecule has 1 N–H and O–H groups in total. The van der Waals surface area contributed by atoms with Gasteiger partial charge in [0.15, 0.2) is 0 Å². The smallest absolute Gasteiger partial charge is 0.0426 e. The van der Waals surface area contributed by atoms with E-state index in [1.165, 1.54) is 48.4 Å². The molecule has 0 bridgehead atoms. The van der Waals surface area contributed by atoms with E-state index in [0.717, 1.165) is 5.92 Å². The van der Waals surface area contributed by atoms with Crippen LogP contribution in [0.2, 0.25) is 0 Å². The van der Waals surface area contributed by atoms with Gasteiger partial charge in [0.25, 0.3) is 0 Å². The highest BCUT2D eigenvalue weighted by molar-refractivity contribution is 7.99. The fraction of sp³-hybridized carbons (Fsp3) is 0.571. The van der Waals surface area contributed by atoms with Gasteiger partial charge in [-0.25, -0.2) is 0 Å². The average Bonchev–Trinajstić information content (AvgIpc) is 3.05. The Morgan fingerprint density at radius 1 is 1.25 bits per heavy atom. The van der Waals surface area contributed by atoms with Crippen molar-refractivity contribution in [1.29, 1.82) is 0 Å². The second-order valence-corrected chi connectivity index (χ2v) is 6.00. The molecule has 1 atom stereocenters. The van der Waals surface area contributed by atoms with Crippen molar-refractivity contribution in [3.63, 3.8) is 0 Å². The maximum absolute atomic E-state index is 3.70. The Morgan fingerprint density at radius 2 is 2.12 bits per heavy atom. The number of rotatable bonds is 5. The Bertz CT molecular complexity index is 360. The van der Waals surface area contributed by atoms with Crippen LogP contribution in [0.15, 0.2) is 29.2 Å². The highest BCUT2D eigenvalue weighted by Gasteiger charge is 2.23. The zero-order chi connectivity index (χ0) is 10.8. The van der Waals surface area contributed by atoms with Gasteiger partial charge in [-0.05, 0) is 36.9 Å². The van der Waals surface area contributed by atoms with Crippen LogP contribution in [0.3, 0.4) is 0 Å². The van der Waals surface area contributed by atoms with Gasteiger partial charge in [-0.15, -0.1) is 11.8 Å². The number of hydrogen-bond donors (Lipinski definition) is 1. The normalized spacial score (nSPS) is 23.4. The third-order valence-corrected chi connectivity index (χ3v) is 4.76.